The third-order valence-corrected chi connectivity index (χ3v) is 4.76. The van der Waals surface area contributed by atoms with Crippen molar-refractivity contribution in [3.8, 4) is 22.5 Å². The second-order valence-corrected chi connectivity index (χ2v) is 7.04. The van der Waals surface area contributed by atoms with Crippen LogP contribution in [0.1, 0.15) is 29.2 Å². The molecule has 0 spiro atoms. The Labute approximate surface area is 209 Å². The fourth-order valence-electron chi connectivity index (χ4n) is 3.17. The van der Waals surface area contributed by atoms with Crippen molar-refractivity contribution < 1.29 is 36.4 Å². The van der Waals surface area contributed by atoms with Gasteiger partial charge in [0.05, 0.1) is 22.6 Å². The molecule has 34 heavy (non-hydrogen) atoms. The van der Waals surface area contributed by atoms with E-state index in [9.17, 15) is 9.59 Å². The topological polar surface area (TPSA) is 92.9 Å². The monoisotopic (exact) mass is 465 g/mol. The van der Waals surface area contributed by atoms with Crippen molar-refractivity contribution >= 4 is 18.1 Å². The molecule has 0 fully saturated rings. The van der Waals surface area contributed by atoms with E-state index in [1.165, 1.54) is 6.92 Å². The Balaban J connectivity index is 1.66. The number of aliphatic carboxylic acids is 1. The Morgan fingerprint density at radius 1 is 1.06 bits per heavy atom. The molecule has 1 amide bonds. The number of hydroxylamine groups is 1. The van der Waals surface area contributed by atoms with Gasteiger partial charge in [-0.3, -0.25) is 14.4 Å². The van der Waals surface area contributed by atoms with Gasteiger partial charge in [0.2, 0.25) is 6.41 Å². The van der Waals surface area contributed by atoms with Crippen molar-refractivity contribution in [3.63, 3.8) is 0 Å². The van der Waals surface area contributed by atoms with Crippen LogP contribution in [0.2, 0.25) is 0 Å². The predicted octanol–water partition coefficient (Wildman–Crippen LogP) is 5.08. The van der Waals surface area contributed by atoms with Gasteiger partial charge < -0.3 is 9.63 Å². The van der Waals surface area contributed by atoms with Crippen molar-refractivity contribution in [1.82, 2.24) is 5.16 Å². The lowest BCUT2D eigenvalue weighted by Gasteiger charge is -2.17. The number of hydrogen-bond acceptors (Lipinski definition) is 5. The summed E-state index contributed by atoms with van der Waals surface area (Å²) in [5.41, 5.74) is 1.56. The third kappa shape index (κ3) is 5.39. The molecule has 1 N–H and O–H groups in total. The van der Waals surface area contributed by atoms with E-state index in [2.05, 4.69) is 5.16 Å². The second kappa shape index (κ2) is 10.6. The summed E-state index contributed by atoms with van der Waals surface area (Å²) < 4.78 is 78.5. The number of benzene rings is 3. The van der Waals surface area contributed by atoms with Crippen molar-refractivity contribution in [3.05, 3.63) is 95.6 Å². The Morgan fingerprint density at radius 2 is 1.68 bits per heavy atom. The SMILES string of the molecule is [2H]c1c([2H])c([2H])c(C([2H])([2H])C([2H])([2H])ON(C=O)c2c(C)noc2-c2ccc(-c3ccc(CC(=O)O)cc3)cc2)c([2H])c1[2H]. The molecule has 7 heteroatoms. The minimum absolute atomic E-state index is 0.0212. The van der Waals surface area contributed by atoms with Crippen molar-refractivity contribution in [1.29, 1.82) is 0 Å². The van der Waals surface area contributed by atoms with Crippen LogP contribution in [0, 0.1) is 6.92 Å². The van der Waals surface area contributed by atoms with E-state index >= 15 is 0 Å². The maximum Gasteiger partial charge on any atom is 0.307 e. The number of aromatic nitrogens is 1. The zero-order valence-electron chi connectivity index (χ0n) is 26.9. The van der Waals surface area contributed by atoms with Crippen LogP contribution in [-0.2, 0) is 27.2 Å². The number of carbonyl (C=O) groups is 2. The minimum atomic E-state index is -3.44. The molecule has 0 unspecified atom stereocenters. The van der Waals surface area contributed by atoms with E-state index in [1.807, 2.05) is 0 Å². The van der Waals surface area contributed by atoms with E-state index in [0.717, 1.165) is 11.1 Å². The number of aryl methyl sites for hydroxylation is 1. The van der Waals surface area contributed by atoms with Crippen LogP contribution in [0.4, 0.5) is 5.69 Å². The predicted molar refractivity (Wildman–Crippen MR) is 128 cm³/mol. The Hall–Kier alpha value is -4.23. The summed E-state index contributed by atoms with van der Waals surface area (Å²) in [4.78, 5) is 28.3. The number of anilines is 1. The minimum Gasteiger partial charge on any atom is -0.481 e. The molecule has 0 aliphatic rings. The molecular weight excluding hydrogens is 432 g/mol. The second-order valence-electron chi connectivity index (χ2n) is 7.04. The molecule has 172 valence electrons. The van der Waals surface area contributed by atoms with Gasteiger partial charge in [0.15, 0.2) is 5.76 Å². The number of rotatable bonds is 10. The maximum absolute atomic E-state index is 12.1. The number of amides is 1. The molecule has 7 nitrogen and oxygen atoms in total. The van der Waals surface area contributed by atoms with E-state index in [4.69, 9.17) is 26.8 Å². The van der Waals surface area contributed by atoms with Crippen LogP contribution in [-0.4, -0.2) is 29.2 Å². The quantitative estimate of drug-likeness (QED) is 0.259. The van der Waals surface area contributed by atoms with Crippen molar-refractivity contribution in [2.75, 3.05) is 11.6 Å². The molecule has 0 radical (unpaired) electrons. The fourth-order valence-corrected chi connectivity index (χ4v) is 3.17. The standard InChI is InChI=1S/C27H24N2O5/c1-19-26(29(18-30)33-16-15-20-5-3-2-4-6-20)27(34-28-19)24-13-11-23(12-14-24)22-9-7-21(8-10-22)17-25(31)32/h2-14,18H,15-17H2,1H3,(H,31,32)/i2D,3D,4D,5D,6D,15D2,16D2. The van der Waals surface area contributed by atoms with Gasteiger partial charge in [-0.15, -0.1) is 0 Å². The smallest absolute Gasteiger partial charge is 0.307 e. The largest absolute Gasteiger partial charge is 0.481 e. The first-order valence-electron chi connectivity index (χ1n) is 14.5. The van der Waals surface area contributed by atoms with Gasteiger partial charge in [-0.25, -0.2) is 0 Å². The van der Waals surface area contributed by atoms with Gasteiger partial charge in [0, 0.05) is 8.30 Å². The van der Waals surface area contributed by atoms with E-state index in [1.54, 1.807) is 48.5 Å². The number of carbonyl (C=O) groups excluding carboxylic acids is 1. The van der Waals surface area contributed by atoms with Crippen LogP contribution >= 0.6 is 0 Å². The van der Waals surface area contributed by atoms with Crippen LogP contribution in [0.3, 0.4) is 0 Å². The van der Waals surface area contributed by atoms with Crippen molar-refractivity contribution in [2.45, 2.75) is 19.7 Å². The van der Waals surface area contributed by atoms with E-state index in [0.29, 0.717) is 16.2 Å². The number of nitrogens with zero attached hydrogens (tertiary/aromatic N) is 2. The summed E-state index contributed by atoms with van der Waals surface area (Å²) in [6.45, 7) is -2.01. The van der Waals surface area contributed by atoms with Crippen LogP contribution in [0.5, 0.6) is 0 Å². The molecule has 0 saturated heterocycles. The normalized spacial score (nSPS) is 15.4. The van der Waals surface area contributed by atoms with Crippen LogP contribution in [0.15, 0.2) is 83.3 Å². The zero-order chi connectivity index (χ0) is 31.9. The summed E-state index contributed by atoms with van der Waals surface area (Å²) in [7, 11) is 0. The van der Waals surface area contributed by atoms with Crippen LogP contribution in [0.25, 0.3) is 22.5 Å². The van der Waals surface area contributed by atoms with Gasteiger partial charge in [0.1, 0.15) is 11.4 Å². The number of carboxylic acids is 1. The lowest BCUT2D eigenvalue weighted by atomic mass is 10.0. The highest BCUT2D eigenvalue weighted by Crippen LogP contribution is 2.34. The molecule has 4 aromatic rings. The average molecular weight is 466 g/mol. The van der Waals surface area contributed by atoms with Gasteiger partial charge in [0.25, 0.3) is 0 Å². The summed E-state index contributed by atoms with van der Waals surface area (Å²) in [5.74, 6) is -0.964. The molecule has 0 aliphatic heterocycles. The average Bonchev–Trinajstić information content (AvgIpc) is 3.34. The number of hydrogen-bond donors (Lipinski definition) is 1. The molecule has 0 atom stereocenters. The van der Waals surface area contributed by atoms with Gasteiger partial charge in [-0.1, -0.05) is 83.9 Å². The molecule has 4 rings (SSSR count). The van der Waals surface area contributed by atoms with Crippen LogP contribution < -0.4 is 5.06 Å². The van der Waals surface area contributed by atoms with E-state index in [-0.39, 0.29) is 30.0 Å². The summed E-state index contributed by atoms with van der Waals surface area (Å²) in [6, 6.07) is 9.24. The highest BCUT2D eigenvalue weighted by Gasteiger charge is 2.22. The first-order valence-corrected chi connectivity index (χ1v) is 9.99. The highest BCUT2D eigenvalue weighted by molar-refractivity contribution is 5.84. The Kier molecular flexibility index (Phi) is 4.40. The number of carboxylic acid groups (broad SMARTS) is 1. The summed E-state index contributed by atoms with van der Waals surface area (Å²) in [6.07, 6.45) is -3.38. The molecular formula is C27H24N2O5. The first kappa shape index (κ1) is 14.1. The highest BCUT2D eigenvalue weighted by atomic mass is 16.7. The zero-order valence-corrected chi connectivity index (χ0v) is 17.9. The Bertz CT molecular complexity index is 1660. The van der Waals surface area contributed by atoms with Gasteiger partial charge in [-0.2, -0.15) is 5.06 Å². The Morgan fingerprint density at radius 3 is 2.29 bits per heavy atom. The van der Waals surface area contributed by atoms with Gasteiger partial charge in [-0.05, 0) is 35.6 Å². The molecule has 0 bridgehead atoms. The summed E-state index contributed by atoms with van der Waals surface area (Å²) >= 11 is 0. The summed E-state index contributed by atoms with van der Waals surface area (Å²) in [5, 5.41) is 13.2. The molecule has 1 heterocycles. The molecule has 0 saturated carbocycles. The van der Waals surface area contributed by atoms with Gasteiger partial charge >= 0.3 is 5.97 Å². The lowest BCUT2D eigenvalue weighted by Crippen LogP contribution is -2.23. The lowest BCUT2D eigenvalue weighted by molar-refractivity contribution is -0.136. The van der Waals surface area contributed by atoms with E-state index < -0.39 is 54.7 Å². The third-order valence-electron chi connectivity index (χ3n) is 4.76. The molecule has 3 aromatic carbocycles. The van der Waals surface area contributed by atoms with Crippen molar-refractivity contribution in [2.24, 2.45) is 0 Å². The maximum atomic E-state index is 12.1. The molecule has 1 aromatic heterocycles. The first-order chi connectivity index (χ1) is 20.1. The fraction of sp³-hybridized carbons (Fsp3) is 0.148. The molecule has 0 aliphatic carbocycles.